The van der Waals surface area contributed by atoms with Crippen molar-refractivity contribution in [1.82, 2.24) is 3.12 Å². The van der Waals surface area contributed by atoms with E-state index in [1.54, 1.807) is 20.8 Å². The number of sulfonamides is 2. The monoisotopic (exact) mass is 483 g/mol. The number of nitrogens with zero attached hydrogens (tertiary/aromatic N) is 1. The minimum Gasteiger partial charge on any atom is -0.201 e. The van der Waals surface area contributed by atoms with Gasteiger partial charge in [0.2, 0.25) is 0 Å². The molecule has 0 fully saturated rings. The Labute approximate surface area is 164 Å². The summed E-state index contributed by atoms with van der Waals surface area (Å²) < 4.78 is 127. The van der Waals surface area contributed by atoms with Gasteiger partial charge >= 0.3 is 31.1 Å². The standard InChI is InChI=1S/C14H27F6NO4S3/c1-4-7-10-26(11-8-5-2,12-9-6-3)21(27(22,23)13(15,16)17)28(24,25)14(18,19)20/h4-12H2,1-3H3. The zero-order valence-corrected chi connectivity index (χ0v) is 18.4. The Balaban J connectivity index is 7.00. The second kappa shape index (κ2) is 10.2. The van der Waals surface area contributed by atoms with Gasteiger partial charge in [0.05, 0.1) is 0 Å². The van der Waals surface area contributed by atoms with E-state index in [1.165, 1.54) is 0 Å². The van der Waals surface area contributed by atoms with Gasteiger partial charge in [-0.2, -0.15) is 36.6 Å². The third kappa shape index (κ3) is 6.14. The van der Waals surface area contributed by atoms with Crippen molar-refractivity contribution < 1.29 is 43.2 Å². The van der Waals surface area contributed by atoms with Crippen molar-refractivity contribution in [2.45, 2.75) is 70.3 Å². The lowest BCUT2D eigenvalue weighted by Crippen LogP contribution is -2.52. The summed E-state index contributed by atoms with van der Waals surface area (Å²) in [6.45, 7) is 4.89. The summed E-state index contributed by atoms with van der Waals surface area (Å²) >= 11 is 0. The van der Waals surface area contributed by atoms with Crippen LogP contribution in [0.25, 0.3) is 0 Å². The Morgan fingerprint density at radius 3 is 1.04 bits per heavy atom. The van der Waals surface area contributed by atoms with Crippen molar-refractivity contribution in [1.29, 1.82) is 0 Å². The topological polar surface area (TPSA) is 71.5 Å². The van der Waals surface area contributed by atoms with Crippen LogP contribution in [0.2, 0.25) is 0 Å². The van der Waals surface area contributed by atoms with Gasteiger partial charge in [0, 0.05) is 0 Å². The third-order valence-electron chi connectivity index (χ3n) is 3.93. The van der Waals surface area contributed by atoms with Crippen LogP contribution in [0.3, 0.4) is 0 Å². The first-order valence-electron chi connectivity index (χ1n) is 8.74. The highest BCUT2D eigenvalue weighted by Crippen LogP contribution is 2.60. The lowest BCUT2D eigenvalue weighted by atomic mass is 10.4. The van der Waals surface area contributed by atoms with Crippen molar-refractivity contribution in [3.05, 3.63) is 0 Å². The Morgan fingerprint density at radius 2 is 0.857 bits per heavy atom. The quantitative estimate of drug-likeness (QED) is 0.362. The Bertz CT molecular complexity index is 623. The van der Waals surface area contributed by atoms with Crippen LogP contribution < -0.4 is 0 Å². The fraction of sp³-hybridized carbons (Fsp3) is 1.00. The molecule has 0 N–H and O–H groups in total. The second-order valence-corrected chi connectivity index (χ2v) is 14.1. The SMILES string of the molecule is CCCCS(CCCC)(CCCC)N(S(=O)(=O)C(F)(F)F)S(=O)(=O)C(F)(F)F. The molecule has 0 saturated heterocycles. The van der Waals surface area contributed by atoms with Crippen molar-refractivity contribution in [2.24, 2.45) is 0 Å². The normalized spacial score (nSPS) is 15.2. The molecular formula is C14H27F6NO4S3. The molecule has 28 heavy (non-hydrogen) atoms. The van der Waals surface area contributed by atoms with Crippen molar-refractivity contribution in [3.63, 3.8) is 0 Å². The van der Waals surface area contributed by atoms with Crippen LogP contribution in [0.1, 0.15) is 59.3 Å². The predicted molar refractivity (Wildman–Crippen MR) is 98.7 cm³/mol. The van der Waals surface area contributed by atoms with Gasteiger partial charge in [-0.05, 0) is 39.6 Å². The van der Waals surface area contributed by atoms with Crippen LogP contribution >= 0.6 is 10.2 Å². The van der Waals surface area contributed by atoms with E-state index in [0.29, 0.717) is 19.3 Å². The van der Waals surface area contributed by atoms with Crippen molar-refractivity contribution >= 4 is 30.3 Å². The first-order valence-corrected chi connectivity index (χ1v) is 13.7. The van der Waals surface area contributed by atoms with E-state index in [4.69, 9.17) is 0 Å². The highest BCUT2D eigenvalue weighted by Gasteiger charge is 2.65. The minimum atomic E-state index is -6.77. The van der Waals surface area contributed by atoms with Crippen LogP contribution in [-0.4, -0.2) is 48.2 Å². The van der Waals surface area contributed by atoms with Gasteiger partial charge in [-0.3, -0.25) is 0 Å². The summed E-state index contributed by atoms with van der Waals surface area (Å²) in [4.78, 5) is 0. The van der Waals surface area contributed by atoms with Crippen LogP contribution in [0.4, 0.5) is 26.3 Å². The molecular weight excluding hydrogens is 456 g/mol. The number of alkyl halides is 6. The number of hydrogen-bond donors (Lipinski definition) is 0. The van der Waals surface area contributed by atoms with Gasteiger partial charge in [-0.1, -0.05) is 40.0 Å². The Morgan fingerprint density at radius 1 is 0.607 bits per heavy atom. The van der Waals surface area contributed by atoms with Gasteiger partial charge in [0.25, 0.3) is 0 Å². The van der Waals surface area contributed by atoms with Crippen LogP contribution in [0.5, 0.6) is 0 Å². The molecule has 0 aromatic rings. The summed E-state index contributed by atoms with van der Waals surface area (Å²) in [7, 11) is -17.0. The number of rotatable bonds is 12. The molecule has 0 amide bonds. The molecule has 0 unspecified atom stereocenters. The molecule has 0 aromatic carbocycles. The first-order chi connectivity index (χ1) is 12.5. The van der Waals surface area contributed by atoms with E-state index >= 15 is 0 Å². The van der Waals surface area contributed by atoms with E-state index in [9.17, 15) is 43.2 Å². The average molecular weight is 484 g/mol. The van der Waals surface area contributed by atoms with Gasteiger partial charge in [0.1, 0.15) is 0 Å². The summed E-state index contributed by atoms with van der Waals surface area (Å²) in [5.74, 6) is -1.02. The van der Waals surface area contributed by atoms with Gasteiger partial charge in [-0.25, -0.2) is 16.8 Å². The molecule has 14 heteroatoms. The van der Waals surface area contributed by atoms with Crippen molar-refractivity contribution in [2.75, 3.05) is 17.3 Å². The highest BCUT2D eigenvalue weighted by molar-refractivity contribution is 8.41. The zero-order valence-electron chi connectivity index (χ0n) is 15.9. The molecule has 0 heterocycles. The molecule has 172 valence electrons. The molecule has 5 nitrogen and oxygen atoms in total. The Hall–Kier alpha value is -0.210. The van der Waals surface area contributed by atoms with E-state index in [-0.39, 0.29) is 36.5 Å². The van der Waals surface area contributed by atoms with Gasteiger partial charge in [0.15, 0.2) is 0 Å². The average Bonchev–Trinajstić information content (AvgIpc) is 2.53. The molecule has 0 saturated carbocycles. The van der Waals surface area contributed by atoms with E-state index in [1.807, 2.05) is 0 Å². The summed E-state index contributed by atoms with van der Waals surface area (Å²) in [6, 6.07) is 0. The predicted octanol–water partition coefficient (Wildman–Crippen LogP) is 5.11. The van der Waals surface area contributed by atoms with Crippen LogP contribution in [0.15, 0.2) is 0 Å². The van der Waals surface area contributed by atoms with Crippen LogP contribution in [-0.2, 0) is 20.0 Å². The molecule has 0 aliphatic carbocycles. The van der Waals surface area contributed by atoms with E-state index in [0.717, 1.165) is 0 Å². The number of halogens is 6. The largest absolute Gasteiger partial charge is 0.513 e. The fourth-order valence-corrected chi connectivity index (χ4v) is 13.1. The van der Waals surface area contributed by atoms with E-state index < -0.39 is 44.4 Å². The van der Waals surface area contributed by atoms with Gasteiger partial charge in [-0.15, -0.1) is 0 Å². The molecule has 0 rings (SSSR count). The lowest BCUT2D eigenvalue weighted by molar-refractivity contribution is -0.0505. The van der Waals surface area contributed by atoms with Crippen molar-refractivity contribution in [3.8, 4) is 0 Å². The maximum atomic E-state index is 13.3. The maximum absolute atomic E-state index is 13.3. The van der Waals surface area contributed by atoms with E-state index in [2.05, 4.69) is 0 Å². The van der Waals surface area contributed by atoms with Crippen LogP contribution in [0, 0.1) is 0 Å². The summed E-state index contributed by atoms with van der Waals surface area (Å²) in [5.41, 5.74) is -12.3. The number of unbranched alkanes of at least 4 members (excludes halogenated alkanes) is 3. The minimum absolute atomic E-state index is 0.111. The molecule has 0 spiro atoms. The highest BCUT2D eigenvalue weighted by atomic mass is 32.4. The Kier molecular flexibility index (Phi) is 10.1. The third-order valence-corrected chi connectivity index (χ3v) is 13.9. The van der Waals surface area contributed by atoms with Gasteiger partial charge < -0.3 is 0 Å². The molecule has 0 radical (unpaired) electrons. The molecule has 0 atom stereocenters. The molecule has 0 bridgehead atoms. The lowest BCUT2D eigenvalue weighted by Gasteiger charge is -2.47. The molecule has 0 aliphatic heterocycles. The smallest absolute Gasteiger partial charge is 0.201 e. The fourth-order valence-electron chi connectivity index (χ4n) is 2.48. The number of hydrogen-bond acceptors (Lipinski definition) is 4. The molecule has 0 aliphatic rings. The first kappa shape index (κ1) is 27.8. The second-order valence-electron chi connectivity index (χ2n) is 6.24. The maximum Gasteiger partial charge on any atom is 0.513 e. The zero-order chi connectivity index (χ0) is 22.4. The summed E-state index contributed by atoms with van der Waals surface area (Å²) in [5, 5.41) is 0. The molecule has 0 aromatic heterocycles. The summed E-state index contributed by atoms with van der Waals surface area (Å²) in [6.07, 6.45) is 1.41.